The van der Waals surface area contributed by atoms with Crippen LogP contribution in [0.5, 0.6) is 0 Å². The molecule has 0 aliphatic heterocycles. The molecule has 0 aliphatic carbocycles. The van der Waals surface area contributed by atoms with Crippen LogP contribution >= 0.6 is 0 Å². The molecule has 1 aromatic carbocycles. The van der Waals surface area contributed by atoms with E-state index in [0.29, 0.717) is 0 Å². The second-order valence-corrected chi connectivity index (χ2v) is 4.75. The normalized spacial score (nSPS) is 11.1. The Balaban J connectivity index is 1.51. The summed E-state index contributed by atoms with van der Waals surface area (Å²) in [5.41, 5.74) is 3.12. The average Bonchev–Trinajstić information content (AvgIpc) is 2.88. The van der Waals surface area contributed by atoms with Crippen molar-refractivity contribution in [1.82, 2.24) is 14.7 Å². The maximum Gasteiger partial charge on any atom is 0.137 e. The smallest absolute Gasteiger partial charge is 0.137 e. The monoisotopic (exact) mass is 269 g/mol. The lowest BCUT2D eigenvalue weighted by molar-refractivity contribution is 0.625. The number of fused-ring (bicyclic) bond motifs is 1. The first-order chi connectivity index (χ1) is 9.81. The Morgan fingerprint density at radius 2 is 1.95 bits per heavy atom. The zero-order valence-corrected chi connectivity index (χ0v) is 11.1. The first-order valence-electron chi connectivity index (χ1n) is 6.69. The Morgan fingerprint density at radius 3 is 2.75 bits per heavy atom. The highest BCUT2D eigenvalue weighted by molar-refractivity contribution is 5.39. The summed E-state index contributed by atoms with van der Waals surface area (Å²) < 4.78 is 14.8. The number of pyridine rings is 1. The summed E-state index contributed by atoms with van der Waals surface area (Å²) >= 11 is 0. The van der Waals surface area contributed by atoms with E-state index in [4.69, 9.17) is 0 Å². The standard InChI is InChI=1S/C16H16FN3/c17-14-6-4-13(5-7-14)8-9-18-11-15-12-20-10-2-1-3-16(20)19-15/h1-7,10,12,18H,8-9,11H2. The van der Waals surface area contributed by atoms with Crippen LogP contribution in [0, 0.1) is 5.82 Å². The number of rotatable bonds is 5. The second-order valence-electron chi connectivity index (χ2n) is 4.75. The minimum Gasteiger partial charge on any atom is -0.311 e. The van der Waals surface area contributed by atoms with Gasteiger partial charge in [0.05, 0.1) is 5.69 Å². The average molecular weight is 269 g/mol. The van der Waals surface area contributed by atoms with Gasteiger partial charge in [-0.1, -0.05) is 18.2 Å². The number of benzene rings is 1. The highest BCUT2D eigenvalue weighted by atomic mass is 19.1. The van der Waals surface area contributed by atoms with Crippen molar-refractivity contribution >= 4 is 5.65 Å². The molecule has 0 bridgehead atoms. The van der Waals surface area contributed by atoms with Crippen molar-refractivity contribution in [2.45, 2.75) is 13.0 Å². The summed E-state index contributed by atoms with van der Waals surface area (Å²) in [6.45, 7) is 1.59. The van der Waals surface area contributed by atoms with Gasteiger partial charge in [-0.05, 0) is 42.8 Å². The highest BCUT2D eigenvalue weighted by Crippen LogP contribution is 2.05. The van der Waals surface area contributed by atoms with Crippen molar-refractivity contribution in [3.8, 4) is 0 Å². The molecule has 0 amide bonds. The Morgan fingerprint density at radius 1 is 1.10 bits per heavy atom. The second kappa shape index (κ2) is 5.84. The third kappa shape index (κ3) is 3.03. The van der Waals surface area contributed by atoms with Crippen molar-refractivity contribution in [3.63, 3.8) is 0 Å². The minimum atomic E-state index is -0.189. The largest absolute Gasteiger partial charge is 0.311 e. The van der Waals surface area contributed by atoms with Crippen LogP contribution in [0.4, 0.5) is 4.39 Å². The van der Waals surface area contributed by atoms with E-state index in [0.717, 1.165) is 36.4 Å². The van der Waals surface area contributed by atoms with Gasteiger partial charge in [0, 0.05) is 18.9 Å². The topological polar surface area (TPSA) is 29.3 Å². The molecule has 0 atom stereocenters. The van der Waals surface area contributed by atoms with Crippen LogP contribution in [0.1, 0.15) is 11.3 Å². The lowest BCUT2D eigenvalue weighted by Crippen LogP contribution is -2.16. The van der Waals surface area contributed by atoms with Gasteiger partial charge < -0.3 is 9.72 Å². The van der Waals surface area contributed by atoms with Gasteiger partial charge in [-0.2, -0.15) is 0 Å². The van der Waals surface area contributed by atoms with Crippen molar-refractivity contribution in [1.29, 1.82) is 0 Å². The fraction of sp³-hybridized carbons (Fsp3) is 0.188. The Bertz CT molecular complexity index is 655. The Hall–Kier alpha value is -2.20. The number of imidazole rings is 1. The molecule has 0 spiro atoms. The molecule has 3 rings (SSSR count). The quantitative estimate of drug-likeness (QED) is 0.722. The molecule has 2 aromatic heterocycles. The van der Waals surface area contributed by atoms with Crippen LogP contribution in [0.2, 0.25) is 0 Å². The first-order valence-corrected chi connectivity index (χ1v) is 6.69. The van der Waals surface area contributed by atoms with E-state index in [9.17, 15) is 4.39 Å². The molecule has 102 valence electrons. The Labute approximate surface area is 117 Å². The van der Waals surface area contributed by atoms with E-state index in [-0.39, 0.29) is 5.82 Å². The predicted molar refractivity (Wildman–Crippen MR) is 77.0 cm³/mol. The van der Waals surface area contributed by atoms with E-state index in [1.807, 2.05) is 47.1 Å². The molecule has 0 radical (unpaired) electrons. The van der Waals surface area contributed by atoms with E-state index >= 15 is 0 Å². The van der Waals surface area contributed by atoms with Crippen molar-refractivity contribution in [2.24, 2.45) is 0 Å². The molecule has 3 nitrogen and oxygen atoms in total. The lowest BCUT2D eigenvalue weighted by Gasteiger charge is -2.03. The van der Waals surface area contributed by atoms with Gasteiger partial charge in [0.2, 0.25) is 0 Å². The van der Waals surface area contributed by atoms with Crippen LogP contribution in [-0.2, 0) is 13.0 Å². The molecule has 1 N–H and O–H groups in total. The SMILES string of the molecule is Fc1ccc(CCNCc2cn3ccccc3n2)cc1. The summed E-state index contributed by atoms with van der Waals surface area (Å²) in [7, 11) is 0. The molecule has 0 unspecified atom stereocenters. The van der Waals surface area contributed by atoms with Gasteiger partial charge in [0.1, 0.15) is 11.5 Å². The fourth-order valence-electron chi connectivity index (χ4n) is 2.17. The zero-order valence-electron chi connectivity index (χ0n) is 11.1. The van der Waals surface area contributed by atoms with Crippen molar-refractivity contribution < 1.29 is 4.39 Å². The van der Waals surface area contributed by atoms with E-state index in [2.05, 4.69) is 10.3 Å². The van der Waals surface area contributed by atoms with Gasteiger partial charge in [-0.15, -0.1) is 0 Å². The fourth-order valence-corrected chi connectivity index (χ4v) is 2.17. The Kier molecular flexibility index (Phi) is 3.74. The van der Waals surface area contributed by atoms with Gasteiger partial charge in [-0.25, -0.2) is 9.37 Å². The molecule has 4 heteroatoms. The summed E-state index contributed by atoms with van der Waals surface area (Å²) in [6, 6.07) is 12.6. The highest BCUT2D eigenvalue weighted by Gasteiger charge is 2.00. The molecular formula is C16H16FN3. The van der Waals surface area contributed by atoms with E-state index in [1.165, 1.54) is 12.1 Å². The van der Waals surface area contributed by atoms with E-state index < -0.39 is 0 Å². The molecular weight excluding hydrogens is 253 g/mol. The third-order valence-electron chi connectivity index (χ3n) is 3.22. The molecule has 0 saturated carbocycles. The van der Waals surface area contributed by atoms with Crippen LogP contribution < -0.4 is 5.32 Å². The zero-order chi connectivity index (χ0) is 13.8. The third-order valence-corrected chi connectivity index (χ3v) is 3.22. The number of hydrogen-bond acceptors (Lipinski definition) is 2. The van der Waals surface area contributed by atoms with Crippen molar-refractivity contribution in [2.75, 3.05) is 6.54 Å². The van der Waals surface area contributed by atoms with Crippen molar-refractivity contribution in [3.05, 3.63) is 71.9 Å². The summed E-state index contributed by atoms with van der Waals surface area (Å²) in [4.78, 5) is 4.52. The molecule has 0 aliphatic rings. The molecule has 20 heavy (non-hydrogen) atoms. The maximum atomic E-state index is 12.8. The number of aromatic nitrogens is 2. The number of nitrogens with one attached hydrogen (secondary N) is 1. The van der Waals surface area contributed by atoms with Gasteiger partial charge in [0.15, 0.2) is 0 Å². The van der Waals surface area contributed by atoms with E-state index in [1.54, 1.807) is 0 Å². The number of nitrogens with zero attached hydrogens (tertiary/aromatic N) is 2. The van der Waals surface area contributed by atoms with Crippen LogP contribution in [0.25, 0.3) is 5.65 Å². The molecule has 3 aromatic rings. The minimum absolute atomic E-state index is 0.189. The van der Waals surface area contributed by atoms with Crippen LogP contribution in [0.15, 0.2) is 54.9 Å². The van der Waals surface area contributed by atoms with Crippen LogP contribution in [0.3, 0.4) is 0 Å². The molecule has 0 fully saturated rings. The number of halogens is 1. The molecule has 0 saturated heterocycles. The first kappa shape index (κ1) is 12.8. The lowest BCUT2D eigenvalue weighted by atomic mass is 10.1. The molecule has 2 heterocycles. The van der Waals surface area contributed by atoms with Gasteiger partial charge in [-0.3, -0.25) is 0 Å². The summed E-state index contributed by atoms with van der Waals surface area (Å²) in [5, 5.41) is 3.36. The van der Waals surface area contributed by atoms with Crippen LogP contribution in [-0.4, -0.2) is 15.9 Å². The summed E-state index contributed by atoms with van der Waals surface area (Å²) in [6.07, 6.45) is 4.90. The maximum absolute atomic E-state index is 12.8. The van der Waals surface area contributed by atoms with Gasteiger partial charge in [0.25, 0.3) is 0 Å². The number of hydrogen-bond donors (Lipinski definition) is 1. The summed E-state index contributed by atoms with van der Waals surface area (Å²) in [5.74, 6) is -0.189. The predicted octanol–water partition coefficient (Wildman–Crippen LogP) is 2.81. The van der Waals surface area contributed by atoms with Gasteiger partial charge >= 0.3 is 0 Å².